The SMILES string of the molecule is CCC(CCCCNc1cc(Br)ccn1)Oc1ccccc1[N+](=O)[O-]. The molecule has 1 aromatic carbocycles. The third-order valence-electron chi connectivity index (χ3n) is 3.79. The minimum absolute atomic E-state index is 0.0170. The van der Waals surface area contributed by atoms with Gasteiger partial charge in [0.1, 0.15) is 5.82 Å². The van der Waals surface area contributed by atoms with Gasteiger partial charge >= 0.3 is 5.69 Å². The summed E-state index contributed by atoms with van der Waals surface area (Å²) in [5, 5.41) is 14.3. The first-order valence-electron chi connectivity index (χ1n) is 8.35. The molecule has 1 heterocycles. The van der Waals surface area contributed by atoms with Crippen LogP contribution >= 0.6 is 15.9 Å². The van der Waals surface area contributed by atoms with Crippen LogP contribution in [0.2, 0.25) is 0 Å². The number of rotatable bonds is 10. The Morgan fingerprint density at radius 3 is 2.84 bits per heavy atom. The van der Waals surface area contributed by atoms with Crippen LogP contribution in [0.3, 0.4) is 0 Å². The van der Waals surface area contributed by atoms with Gasteiger partial charge in [0.25, 0.3) is 0 Å². The topological polar surface area (TPSA) is 77.3 Å². The molecule has 25 heavy (non-hydrogen) atoms. The highest BCUT2D eigenvalue weighted by atomic mass is 79.9. The number of ether oxygens (including phenoxy) is 1. The van der Waals surface area contributed by atoms with Crippen molar-refractivity contribution in [2.45, 2.75) is 38.7 Å². The quantitative estimate of drug-likeness (QED) is 0.333. The second-order valence-electron chi connectivity index (χ2n) is 5.65. The second kappa shape index (κ2) is 9.98. The lowest BCUT2D eigenvalue weighted by atomic mass is 10.1. The van der Waals surface area contributed by atoms with E-state index in [-0.39, 0.29) is 11.8 Å². The highest BCUT2D eigenvalue weighted by molar-refractivity contribution is 9.10. The van der Waals surface area contributed by atoms with Gasteiger partial charge in [-0.05, 0) is 43.9 Å². The van der Waals surface area contributed by atoms with Crippen molar-refractivity contribution >= 4 is 27.4 Å². The molecule has 1 unspecified atom stereocenters. The Bertz CT molecular complexity index is 697. The first kappa shape index (κ1) is 19.2. The number of pyridine rings is 1. The third-order valence-corrected chi connectivity index (χ3v) is 4.29. The van der Waals surface area contributed by atoms with Gasteiger partial charge in [-0.15, -0.1) is 0 Å². The molecular weight excluding hydrogens is 386 g/mol. The van der Waals surface area contributed by atoms with E-state index in [0.717, 1.165) is 42.5 Å². The summed E-state index contributed by atoms with van der Waals surface area (Å²) >= 11 is 3.42. The molecule has 0 bridgehead atoms. The summed E-state index contributed by atoms with van der Waals surface area (Å²) in [6.07, 6.45) is 5.35. The van der Waals surface area contributed by atoms with Gasteiger partial charge in [0.05, 0.1) is 11.0 Å². The van der Waals surface area contributed by atoms with Crippen LogP contribution in [-0.2, 0) is 0 Å². The largest absolute Gasteiger partial charge is 0.484 e. The molecule has 1 atom stereocenters. The Labute approximate surface area is 155 Å². The number of hydrogen-bond donors (Lipinski definition) is 1. The van der Waals surface area contributed by atoms with Crippen LogP contribution in [0.15, 0.2) is 47.1 Å². The van der Waals surface area contributed by atoms with Crippen molar-refractivity contribution in [3.05, 3.63) is 57.2 Å². The smallest absolute Gasteiger partial charge is 0.310 e. The summed E-state index contributed by atoms with van der Waals surface area (Å²) in [7, 11) is 0. The normalized spacial score (nSPS) is 11.8. The first-order chi connectivity index (χ1) is 12.1. The highest BCUT2D eigenvalue weighted by Crippen LogP contribution is 2.28. The summed E-state index contributed by atoms with van der Waals surface area (Å²) < 4.78 is 6.85. The fraction of sp³-hybridized carbons (Fsp3) is 0.389. The lowest BCUT2D eigenvalue weighted by molar-refractivity contribution is -0.386. The predicted molar refractivity (Wildman–Crippen MR) is 102 cm³/mol. The van der Waals surface area contributed by atoms with Crippen molar-refractivity contribution in [1.82, 2.24) is 4.98 Å². The maximum atomic E-state index is 11.1. The van der Waals surface area contributed by atoms with E-state index in [1.54, 1.807) is 24.4 Å². The van der Waals surface area contributed by atoms with E-state index in [1.165, 1.54) is 6.07 Å². The van der Waals surface area contributed by atoms with E-state index in [2.05, 4.69) is 26.2 Å². The van der Waals surface area contributed by atoms with E-state index in [0.29, 0.717) is 5.75 Å². The van der Waals surface area contributed by atoms with Crippen molar-refractivity contribution in [1.29, 1.82) is 0 Å². The molecule has 0 spiro atoms. The number of nitro groups is 1. The number of para-hydroxylation sites is 2. The van der Waals surface area contributed by atoms with Crippen molar-refractivity contribution in [3.8, 4) is 5.75 Å². The van der Waals surface area contributed by atoms with Gasteiger partial charge in [-0.2, -0.15) is 0 Å². The van der Waals surface area contributed by atoms with Gasteiger partial charge in [0.15, 0.2) is 5.75 Å². The molecular formula is C18H22BrN3O3. The van der Waals surface area contributed by atoms with Crippen molar-refractivity contribution in [2.75, 3.05) is 11.9 Å². The molecule has 2 aromatic rings. The van der Waals surface area contributed by atoms with Gasteiger partial charge in [-0.3, -0.25) is 10.1 Å². The van der Waals surface area contributed by atoms with E-state index in [1.807, 2.05) is 19.1 Å². The van der Waals surface area contributed by atoms with E-state index >= 15 is 0 Å². The van der Waals surface area contributed by atoms with E-state index in [4.69, 9.17) is 4.74 Å². The van der Waals surface area contributed by atoms with Crippen molar-refractivity contribution in [2.24, 2.45) is 0 Å². The highest BCUT2D eigenvalue weighted by Gasteiger charge is 2.17. The van der Waals surface area contributed by atoms with Crippen LogP contribution in [0, 0.1) is 10.1 Å². The van der Waals surface area contributed by atoms with Gasteiger partial charge in [-0.25, -0.2) is 4.98 Å². The van der Waals surface area contributed by atoms with Gasteiger partial charge in [0, 0.05) is 23.3 Å². The van der Waals surface area contributed by atoms with Crippen LogP contribution in [-0.4, -0.2) is 22.6 Å². The fourth-order valence-corrected chi connectivity index (χ4v) is 2.78. The molecule has 1 aromatic heterocycles. The number of unbranched alkanes of at least 4 members (excludes halogenated alkanes) is 1. The number of anilines is 1. The number of nitro benzene ring substituents is 1. The maximum absolute atomic E-state index is 11.1. The second-order valence-corrected chi connectivity index (χ2v) is 6.57. The molecule has 134 valence electrons. The zero-order chi connectivity index (χ0) is 18.1. The van der Waals surface area contributed by atoms with Crippen LogP contribution in [0.25, 0.3) is 0 Å². The van der Waals surface area contributed by atoms with Crippen LogP contribution in [0.1, 0.15) is 32.6 Å². The zero-order valence-corrected chi connectivity index (χ0v) is 15.7. The van der Waals surface area contributed by atoms with Crippen molar-refractivity contribution in [3.63, 3.8) is 0 Å². The number of nitrogens with one attached hydrogen (secondary N) is 1. The molecule has 0 aliphatic heterocycles. The first-order valence-corrected chi connectivity index (χ1v) is 9.15. The Balaban J connectivity index is 1.76. The molecule has 0 aliphatic carbocycles. The van der Waals surface area contributed by atoms with Crippen molar-refractivity contribution < 1.29 is 9.66 Å². The maximum Gasteiger partial charge on any atom is 0.310 e. The molecule has 1 N–H and O–H groups in total. The molecule has 6 nitrogen and oxygen atoms in total. The standard InChI is InChI=1S/C18H22BrN3O3/c1-2-15(25-17-9-4-3-8-16(17)22(23)24)7-5-6-11-20-18-13-14(19)10-12-21-18/h3-4,8-10,12-13,15H,2,5-7,11H2,1H3,(H,20,21). The Kier molecular flexibility index (Phi) is 7.66. The Hall–Kier alpha value is -2.15. The fourth-order valence-electron chi connectivity index (χ4n) is 2.45. The lowest BCUT2D eigenvalue weighted by Gasteiger charge is -2.17. The summed E-state index contributed by atoms with van der Waals surface area (Å²) in [5.41, 5.74) is 0.0170. The van der Waals surface area contributed by atoms with Gasteiger partial charge < -0.3 is 10.1 Å². The third kappa shape index (κ3) is 6.34. The number of nitrogens with zero attached hydrogens (tertiary/aromatic N) is 2. The predicted octanol–water partition coefficient (Wildman–Crippen LogP) is 5.19. The number of halogens is 1. The number of aromatic nitrogens is 1. The van der Waals surface area contributed by atoms with Gasteiger partial charge in [-0.1, -0.05) is 35.0 Å². The molecule has 0 aliphatic rings. The monoisotopic (exact) mass is 407 g/mol. The summed E-state index contributed by atoms with van der Waals surface area (Å²) in [4.78, 5) is 14.9. The zero-order valence-electron chi connectivity index (χ0n) is 14.2. The van der Waals surface area contributed by atoms with Crippen LogP contribution < -0.4 is 10.1 Å². The molecule has 0 saturated heterocycles. The minimum atomic E-state index is -0.406. The molecule has 0 radical (unpaired) electrons. The number of benzene rings is 1. The van der Waals surface area contributed by atoms with Gasteiger partial charge in [0.2, 0.25) is 0 Å². The summed E-state index contributed by atoms with van der Waals surface area (Å²) in [5.74, 6) is 1.19. The molecule has 2 rings (SSSR count). The Morgan fingerprint density at radius 1 is 1.32 bits per heavy atom. The van der Waals surface area contributed by atoms with Crippen LogP contribution in [0.5, 0.6) is 5.75 Å². The van der Waals surface area contributed by atoms with E-state index < -0.39 is 4.92 Å². The molecule has 0 fully saturated rings. The Morgan fingerprint density at radius 2 is 2.12 bits per heavy atom. The number of hydrogen-bond acceptors (Lipinski definition) is 5. The summed E-state index contributed by atoms with van der Waals surface area (Å²) in [6, 6.07) is 10.3. The summed E-state index contributed by atoms with van der Waals surface area (Å²) in [6.45, 7) is 2.86. The average molecular weight is 408 g/mol. The van der Waals surface area contributed by atoms with E-state index in [9.17, 15) is 10.1 Å². The molecule has 0 saturated carbocycles. The minimum Gasteiger partial charge on any atom is -0.484 e. The van der Waals surface area contributed by atoms with Crippen LogP contribution in [0.4, 0.5) is 11.5 Å². The average Bonchev–Trinajstić information content (AvgIpc) is 2.60. The molecule has 0 amide bonds. The lowest BCUT2D eigenvalue weighted by Crippen LogP contribution is -2.16. The molecule has 7 heteroatoms.